The Morgan fingerprint density at radius 2 is 1.88 bits per heavy atom. The fourth-order valence-electron chi connectivity index (χ4n) is 4.64. The predicted octanol–water partition coefficient (Wildman–Crippen LogP) is 2.77. The molecule has 0 radical (unpaired) electrons. The monoisotopic (exact) mass is 431 g/mol. The highest BCUT2D eigenvalue weighted by molar-refractivity contribution is 5.97. The Bertz CT molecular complexity index is 1240. The fourth-order valence-corrected chi connectivity index (χ4v) is 4.64. The van der Waals surface area contributed by atoms with E-state index in [1.54, 1.807) is 17.0 Å². The van der Waals surface area contributed by atoms with Crippen molar-refractivity contribution >= 4 is 22.5 Å². The van der Waals surface area contributed by atoms with E-state index in [1.165, 1.54) is 0 Å². The molecule has 3 aromatic rings. The van der Waals surface area contributed by atoms with Gasteiger partial charge in [-0.25, -0.2) is 4.98 Å². The van der Waals surface area contributed by atoms with Gasteiger partial charge in [-0.3, -0.25) is 14.2 Å². The highest BCUT2D eigenvalue weighted by atomic mass is 16.2. The molecule has 2 aliphatic rings. The van der Waals surface area contributed by atoms with Crippen LogP contribution in [0.3, 0.4) is 0 Å². The molecule has 1 aromatic heterocycles. The predicted molar refractivity (Wildman–Crippen MR) is 127 cm³/mol. The Kier molecular flexibility index (Phi) is 5.21. The number of carbonyl (C=O) groups is 1. The summed E-state index contributed by atoms with van der Waals surface area (Å²) in [7, 11) is 0. The zero-order valence-corrected chi connectivity index (χ0v) is 18.8. The van der Waals surface area contributed by atoms with E-state index >= 15 is 0 Å². The van der Waals surface area contributed by atoms with Crippen molar-refractivity contribution in [2.24, 2.45) is 0 Å². The largest absolute Gasteiger partial charge is 0.368 e. The number of amides is 1. The number of hydrogen-bond acceptors (Lipinski definition) is 5. The Morgan fingerprint density at radius 3 is 2.59 bits per heavy atom. The minimum Gasteiger partial charge on any atom is -0.368 e. The summed E-state index contributed by atoms with van der Waals surface area (Å²) < 4.78 is 1.55. The summed E-state index contributed by atoms with van der Waals surface area (Å²) in [6, 6.07) is 12.4. The first kappa shape index (κ1) is 20.7. The van der Waals surface area contributed by atoms with Crippen molar-refractivity contribution in [3.05, 3.63) is 64.2 Å². The molecule has 1 saturated carbocycles. The highest BCUT2D eigenvalue weighted by Crippen LogP contribution is 2.24. The molecule has 1 aliphatic carbocycles. The van der Waals surface area contributed by atoms with Gasteiger partial charge in [-0.1, -0.05) is 6.07 Å². The van der Waals surface area contributed by atoms with Gasteiger partial charge in [-0.15, -0.1) is 0 Å². The van der Waals surface area contributed by atoms with Crippen LogP contribution in [0, 0.1) is 6.92 Å². The number of rotatable bonds is 4. The average Bonchev–Trinajstić information content (AvgIpc) is 3.58. The van der Waals surface area contributed by atoms with Crippen LogP contribution in [-0.2, 0) is 0 Å². The van der Waals surface area contributed by atoms with E-state index in [0.29, 0.717) is 34.2 Å². The first-order valence-electron chi connectivity index (χ1n) is 11.3. The summed E-state index contributed by atoms with van der Waals surface area (Å²) in [5.74, 6) is -0.0853. The van der Waals surface area contributed by atoms with E-state index < -0.39 is 0 Å². The van der Waals surface area contributed by atoms with E-state index in [4.69, 9.17) is 0 Å². The molecule has 2 aromatic carbocycles. The van der Waals surface area contributed by atoms with Gasteiger partial charge in [0.15, 0.2) is 0 Å². The van der Waals surface area contributed by atoms with Crippen LogP contribution in [0.5, 0.6) is 0 Å². The van der Waals surface area contributed by atoms with Crippen molar-refractivity contribution < 1.29 is 4.79 Å². The molecule has 2 heterocycles. The van der Waals surface area contributed by atoms with Crippen molar-refractivity contribution in [2.45, 2.75) is 51.7 Å². The van der Waals surface area contributed by atoms with Gasteiger partial charge in [-0.2, -0.15) is 0 Å². The van der Waals surface area contributed by atoms with Crippen molar-refractivity contribution in [3.63, 3.8) is 0 Å². The summed E-state index contributed by atoms with van der Waals surface area (Å²) in [6.07, 6.45) is 3.63. The molecule has 166 valence electrons. The third-order valence-corrected chi connectivity index (χ3v) is 6.39. The zero-order valence-electron chi connectivity index (χ0n) is 18.8. The van der Waals surface area contributed by atoms with Crippen LogP contribution in [0.25, 0.3) is 16.6 Å². The second kappa shape index (κ2) is 8.06. The lowest BCUT2D eigenvalue weighted by molar-refractivity contribution is 0.0950. The standard InChI is InChI=1S/C25H29N5O2/c1-15-12-29(13-16(2)27-15)19-9-10-22-21(11-19)25(32)30(14-26-22)23-6-4-5-20(17(23)3)24(31)28-18-7-8-18/h4-6,9-11,14-16,18,27H,7-8,12-13H2,1-3H3,(H,28,31)/t15-,16+. The summed E-state index contributed by atoms with van der Waals surface area (Å²) in [5, 5.41) is 7.15. The molecule has 7 heteroatoms. The van der Waals surface area contributed by atoms with Gasteiger partial charge in [0, 0.05) is 42.5 Å². The molecular formula is C25H29N5O2. The molecule has 32 heavy (non-hydrogen) atoms. The number of nitrogens with one attached hydrogen (secondary N) is 2. The number of hydrogen-bond donors (Lipinski definition) is 2. The first-order chi connectivity index (χ1) is 15.4. The molecule has 2 atom stereocenters. The second-order valence-electron chi connectivity index (χ2n) is 9.19. The van der Waals surface area contributed by atoms with Gasteiger partial charge in [0.05, 0.1) is 16.6 Å². The van der Waals surface area contributed by atoms with E-state index in [-0.39, 0.29) is 17.5 Å². The van der Waals surface area contributed by atoms with Crippen LogP contribution in [0.2, 0.25) is 0 Å². The fraction of sp³-hybridized carbons (Fsp3) is 0.400. The van der Waals surface area contributed by atoms with Gasteiger partial charge < -0.3 is 15.5 Å². The minimum atomic E-state index is -0.129. The van der Waals surface area contributed by atoms with Crippen LogP contribution in [0.4, 0.5) is 5.69 Å². The smallest absolute Gasteiger partial charge is 0.265 e. The van der Waals surface area contributed by atoms with E-state index in [1.807, 2.05) is 37.3 Å². The quantitative estimate of drug-likeness (QED) is 0.664. The van der Waals surface area contributed by atoms with Crippen molar-refractivity contribution in [2.75, 3.05) is 18.0 Å². The molecule has 7 nitrogen and oxygen atoms in total. The average molecular weight is 432 g/mol. The Balaban J connectivity index is 1.55. The molecule has 0 bridgehead atoms. The maximum absolute atomic E-state index is 13.5. The first-order valence-corrected chi connectivity index (χ1v) is 11.3. The van der Waals surface area contributed by atoms with Crippen LogP contribution < -0.4 is 21.1 Å². The van der Waals surface area contributed by atoms with E-state index in [0.717, 1.165) is 37.2 Å². The third-order valence-electron chi connectivity index (χ3n) is 6.39. The van der Waals surface area contributed by atoms with Crippen LogP contribution in [0.1, 0.15) is 42.6 Å². The number of benzene rings is 2. The Morgan fingerprint density at radius 1 is 1.12 bits per heavy atom. The van der Waals surface area contributed by atoms with E-state index in [2.05, 4.69) is 34.4 Å². The molecule has 0 spiro atoms. The van der Waals surface area contributed by atoms with Gasteiger partial charge >= 0.3 is 0 Å². The second-order valence-corrected chi connectivity index (χ2v) is 9.19. The van der Waals surface area contributed by atoms with Gasteiger partial charge in [0.1, 0.15) is 6.33 Å². The lowest BCUT2D eigenvalue weighted by atomic mass is 10.1. The SMILES string of the molecule is Cc1c(C(=O)NC2CC2)cccc1-n1cnc2ccc(N3C[C@@H](C)N[C@@H](C)C3)cc2c1=O. The van der Waals surface area contributed by atoms with Gasteiger partial charge in [0.2, 0.25) is 0 Å². The molecule has 2 fully saturated rings. The topological polar surface area (TPSA) is 79.3 Å². The zero-order chi connectivity index (χ0) is 22.4. The summed E-state index contributed by atoms with van der Waals surface area (Å²) in [6.45, 7) is 8.01. The number of nitrogens with zero attached hydrogens (tertiary/aromatic N) is 3. The number of fused-ring (bicyclic) bond motifs is 1. The maximum atomic E-state index is 13.5. The molecule has 1 aliphatic heterocycles. The Hall–Kier alpha value is -3.19. The number of aromatic nitrogens is 2. The van der Waals surface area contributed by atoms with Crippen molar-refractivity contribution in [3.8, 4) is 5.69 Å². The van der Waals surface area contributed by atoms with Crippen molar-refractivity contribution in [1.29, 1.82) is 0 Å². The van der Waals surface area contributed by atoms with Crippen LogP contribution >= 0.6 is 0 Å². The van der Waals surface area contributed by atoms with Gasteiger partial charge in [-0.05, 0) is 69.5 Å². The number of anilines is 1. The molecule has 1 saturated heterocycles. The van der Waals surface area contributed by atoms with E-state index in [9.17, 15) is 9.59 Å². The molecule has 2 N–H and O–H groups in total. The molecule has 5 rings (SSSR count). The third kappa shape index (κ3) is 3.88. The number of piperazine rings is 1. The molecule has 1 amide bonds. The summed E-state index contributed by atoms with van der Waals surface area (Å²) in [5.41, 5.74) is 3.63. The maximum Gasteiger partial charge on any atom is 0.265 e. The van der Waals surface area contributed by atoms with Gasteiger partial charge in [0.25, 0.3) is 11.5 Å². The van der Waals surface area contributed by atoms with Crippen LogP contribution in [-0.4, -0.2) is 46.7 Å². The lowest BCUT2D eigenvalue weighted by Crippen LogP contribution is -2.54. The summed E-state index contributed by atoms with van der Waals surface area (Å²) in [4.78, 5) is 33.0. The number of carbonyl (C=O) groups excluding carboxylic acids is 1. The minimum absolute atomic E-state index is 0.0853. The molecular weight excluding hydrogens is 402 g/mol. The highest BCUT2D eigenvalue weighted by Gasteiger charge is 2.25. The van der Waals surface area contributed by atoms with Crippen LogP contribution in [0.15, 0.2) is 47.5 Å². The molecule has 0 unspecified atom stereocenters. The van der Waals surface area contributed by atoms with Crippen molar-refractivity contribution in [1.82, 2.24) is 20.2 Å². The summed E-state index contributed by atoms with van der Waals surface area (Å²) >= 11 is 0. The Labute approximate surface area is 187 Å². The normalized spacial score (nSPS) is 21.0. The lowest BCUT2D eigenvalue weighted by Gasteiger charge is -2.37.